The van der Waals surface area contributed by atoms with E-state index in [0.29, 0.717) is 17.7 Å². The molecule has 0 bridgehead atoms. The van der Waals surface area contributed by atoms with Crippen LogP contribution in [-0.4, -0.2) is 41.8 Å². The number of aromatic nitrogens is 2. The number of carbonyl (C=O) groups is 1. The molecule has 4 nitrogen and oxygen atoms in total. The molecule has 0 amide bonds. The van der Waals surface area contributed by atoms with Gasteiger partial charge in [0.05, 0.1) is 5.56 Å². The van der Waals surface area contributed by atoms with Crippen LogP contribution >= 0.6 is 11.6 Å². The van der Waals surface area contributed by atoms with Crippen molar-refractivity contribution in [2.45, 2.75) is 6.42 Å². The minimum atomic E-state index is 0.226. The van der Waals surface area contributed by atoms with Crippen molar-refractivity contribution in [1.29, 1.82) is 0 Å². The predicted molar refractivity (Wildman–Crippen MR) is 54.7 cm³/mol. The highest BCUT2D eigenvalue weighted by atomic mass is 35.5. The van der Waals surface area contributed by atoms with Gasteiger partial charge in [-0.05, 0) is 14.1 Å². The minimum absolute atomic E-state index is 0.226. The summed E-state index contributed by atoms with van der Waals surface area (Å²) >= 11 is 5.75. The lowest BCUT2D eigenvalue weighted by Crippen LogP contribution is -2.16. The Morgan fingerprint density at radius 3 is 2.79 bits per heavy atom. The van der Waals surface area contributed by atoms with Gasteiger partial charge in [0.15, 0.2) is 6.29 Å². The summed E-state index contributed by atoms with van der Waals surface area (Å²) in [7, 11) is 3.95. The summed E-state index contributed by atoms with van der Waals surface area (Å²) in [5, 5.41) is 0.226. The van der Waals surface area contributed by atoms with Crippen LogP contribution < -0.4 is 0 Å². The van der Waals surface area contributed by atoms with Gasteiger partial charge in [0, 0.05) is 19.2 Å². The molecule has 0 atom stereocenters. The lowest BCUT2D eigenvalue weighted by Gasteiger charge is -2.08. The predicted octanol–water partition coefficient (Wildman–Crippen LogP) is 1.05. The highest BCUT2D eigenvalue weighted by Gasteiger charge is 2.04. The number of hydrogen-bond donors (Lipinski definition) is 0. The number of aldehydes is 1. The third-order valence-corrected chi connectivity index (χ3v) is 2.03. The van der Waals surface area contributed by atoms with E-state index in [4.69, 9.17) is 11.6 Å². The maximum atomic E-state index is 10.4. The van der Waals surface area contributed by atoms with Crippen molar-refractivity contribution in [3.8, 4) is 0 Å². The molecule has 5 heteroatoms. The molecule has 0 spiro atoms. The molecular weight excluding hydrogens is 202 g/mol. The number of rotatable bonds is 4. The Labute approximate surface area is 87.9 Å². The van der Waals surface area contributed by atoms with Gasteiger partial charge in [0.25, 0.3) is 0 Å². The van der Waals surface area contributed by atoms with Gasteiger partial charge in [-0.3, -0.25) is 4.79 Å². The van der Waals surface area contributed by atoms with Crippen molar-refractivity contribution < 1.29 is 4.79 Å². The fourth-order valence-corrected chi connectivity index (χ4v) is 1.12. The Morgan fingerprint density at radius 2 is 2.29 bits per heavy atom. The highest BCUT2D eigenvalue weighted by Crippen LogP contribution is 2.09. The molecule has 1 rings (SSSR count). The number of carbonyl (C=O) groups excluding carboxylic acids is 1. The first-order valence-electron chi connectivity index (χ1n) is 4.25. The van der Waals surface area contributed by atoms with E-state index in [9.17, 15) is 4.79 Å². The summed E-state index contributed by atoms with van der Waals surface area (Å²) < 4.78 is 0. The second-order valence-corrected chi connectivity index (χ2v) is 3.56. The van der Waals surface area contributed by atoms with Crippen molar-refractivity contribution in [3.05, 3.63) is 22.7 Å². The zero-order chi connectivity index (χ0) is 10.6. The quantitative estimate of drug-likeness (QED) is 0.554. The van der Waals surface area contributed by atoms with Gasteiger partial charge >= 0.3 is 0 Å². The van der Waals surface area contributed by atoms with Crippen LogP contribution in [0.25, 0.3) is 0 Å². The second kappa shape index (κ2) is 5.02. The van der Waals surface area contributed by atoms with Crippen molar-refractivity contribution >= 4 is 17.9 Å². The molecule has 1 heterocycles. The molecule has 76 valence electrons. The minimum Gasteiger partial charge on any atom is -0.309 e. The molecular formula is C9H12ClN3O. The molecule has 1 aromatic rings. The van der Waals surface area contributed by atoms with Gasteiger partial charge in [-0.2, -0.15) is 0 Å². The van der Waals surface area contributed by atoms with Crippen molar-refractivity contribution in [1.82, 2.24) is 14.9 Å². The molecule has 0 aliphatic carbocycles. The number of halogens is 1. The fourth-order valence-electron chi connectivity index (χ4n) is 0.927. The molecule has 0 radical (unpaired) electrons. The Hall–Kier alpha value is -1.000. The van der Waals surface area contributed by atoms with Gasteiger partial charge in [-0.1, -0.05) is 11.6 Å². The van der Waals surface area contributed by atoms with E-state index in [-0.39, 0.29) is 5.15 Å². The van der Waals surface area contributed by atoms with Crippen LogP contribution in [0.2, 0.25) is 5.15 Å². The maximum Gasteiger partial charge on any atom is 0.154 e. The SMILES string of the molecule is CN(C)CCc1ncc(C=O)c(Cl)n1. The number of hydrogen-bond acceptors (Lipinski definition) is 4. The highest BCUT2D eigenvalue weighted by molar-refractivity contribution is 6.31. The molecule has 0 aliphatic heterocycles. The van der Waals surface area contributed by atoms with Gasteiger partial charge in [-0.15, -0.1) is 0 Å². The number of likely N-dealkylation sites (N-methyl/N-ethyl adjacent to an activating group) is 1. The third kappa shape index (κ3) is 3.05. The molecule has 0 N–H and O–H groups in total. The summed E-state index contributed by atoms with van der Waals surface area (Å²) in [4.78, 5) is 20.5. The Kier molecular flexibility index (Phi) is 3.98. The zero-order valence-corrected chi connectivity index (χ0v) is 8.95. The normalized spacial score (nSPS) is 10.6. The van der Waals surface area contributed by atoms with Gasteiger partial charge in [0.1, 0.15) is 11.0 Å². The summed E-state index contributed by atoms with van der Waals surface area (Å²) in [6.45, 7) is 0.858. The average molecular weight is 214 g/mol. The van der Waals surface area contributed by atoms with E-state index in [2.05, 4.69) is 9.97 Å². The van der Waals surface area contributed by atoms with Crippen LogP contribution in [0.3, 0.4) is 0 Å². The molecule has 0 saturated heterocycles. The lowest BCUT2D eigenvalue weighted by molar-refractivity contribution is 0.112. The maximum absolute atomic E-state index is 10.4. The molecule has 1 aromatic heterocycles. The van der Waals surface area contributed by atoms with E-state index < -0.39 is 0 Å². The Balaban J connectivity index is 2.71. The van der Waals surface area contributed by atoms with E-state index in [1.807, 2.05) is 19.0 Å². The third-order valence-electron chi connectivity index (χ3n) is 1.73. The molecule has 0 aliphatic rings. The van der Waals surface area contributed by atoms with E-state index in [1.165, 1.54) is 6.20 Å². The first-order chi connectivity index (χ1) is 6.63. The van der Waals surface area contributed by atoms with Crippen LogP contribution in [-0.2, 0) is 6.42 Å². The Morgan fingerprint density at radius 1 is 1.57 bits per heavy atom. The summed E-state index contributed by atoms with van der Waals surface area (Å²) in [6.07, 6.45) is 2.83. The second-order valence-electron chi connectivity index (χ2n) is 3.20. The lowest BCUT2D eigenvalue weighted by atomic mass is 10.3. The van der Waals surface area contributed by atoms with Crippen LogP contribution in [0.5, 0.6) is 0 Å². The fraction of sp³-hybridized carbons (Fsp3) is 0.444. The number of nitrogens with zero attached hydrogens (tertiary/aromatic N) is 3. The van der Waals surface area contributed by atoms with Gasteiger partial charge < -0.3 is 4.90 Å². The van der Waals surface area contributed by atoms with E-state index in [1.54, 1.807) is 0 Å². The van der Waals surface area contributed by atoms with Crippen LogP contribution in [0.1, 0.15) is 16.2 Å². The summed E-state index contributed by atoms with van der Waals surface area (Å²) in [5.41, 5.74) is 0.334. The first-order valence-corrected chi connectivity index (χ1v) is 4.62. The molecule has 0 saturated carbocycles. The molecule has 0 unspecified atom stereocenters. The smallest absolute Gasteiger partial charge is 0.154 e. The standard InChI is InChI=1S/C9H12ClN3O/c1-13(2)4-3-8-11-5-7(6-14)9(10)12-8/h5-6H,3-4H2,1-2H3. The van der Waals surface area contributed by atoms with E-state index >= 15 is 0 Å². The topological polar surface area (TPSA) is 46.1 Å². The zero-order valence-electron chi connectivity index (χ0n) is 8.20. The molecule has 0 aromatic carbocycles. The van der Waals surface area contributed by atoms with Crippen molar-refractivity contribution in [3.63, 3.8) is 0 Å². The van der Waals surface area contributed by atoms with Gasteiger partial charge in [-0.25, -0.2) is 9.97 Å². The van der Waals surface area contributed by atoms with Crippen LogP contribution in [0, 0.1) is 0 Å². The summed E-state index contributed by atoms with van der Waals surface area (Å²) in [5.74, 6) is 0.661. The average Bonchev–Trinajstić information content (AvgIpc) is 2.15. The Bertz CT molecular complexity index is 328. The molecule has 14 heavy (non-hydrogen) atoms. The molecule has 0 fully saturated rings. The monoisotopic (exact) mass is 213 g/mol. The van der Waals surface area contributed by atoms with Crippen molar-refractivity contribution in [2.24, 2.45) is 0 Å². The van der Waals surface area contributed by atoms with Gasteiger partial charge in [0.2, 0.25) is 0 Å². The van der Waals surface area contributed by atoms with Crippen molar-refractivity contribution in [2.75, 3.05) is 20.6 Å². The summed E-state index contributed by atoms with van der Waals surface area (Å²) in [6, 6.07) is 0. The largest absolute Gasteiger partial charge is 0.309 e. The van der Waals surface area contributed by atoms with Crippen LogP contribution in [0.4, 0.5) is 0 Å². The first kappa shape index (κ1) is 11.1. The van der Waals surface area contributed by atoms with Crippen LogP contribution in [0.15, 0.2) is 6.20 Å². The van der Waals surface area contributed by atoms with E-state index in [0.717, 1.165) is 13.0 Å².